The molecule has 1 aromatic heterocycles. The maximum absolute atomic E-state index is 13.0. The van der Waals surface area contributed by atoms with Crippen molar-refractivity contribution in [3.05, 3.63) is 41.7 Å². The van der Waals surface area contributed by atoms with Crippen LogP contribution in [-0.2, 0) is 12.8 Å². The van der Waals surface area contributed by atoms with Crippen LogP contribution in [-0.4, -0.2) is 11.0 Å². The molecule has 0 spiro atoms. The van der Waals surface area contributed by atoms with Crippen LogP contribution >= 0.6 is 49.9 Å². The molecule has 4 rings (SSSR count). The van der Waals surface area contributed by atoms with Crippen molar-refractivity contribution in [2.24, 2.45) is 11.3 Å². The fourth-order valence-corrected chi connectivity index (χ4v) is 7.12. The van der Waals surface area contributed by atoms with Gasteiger partial charge in [-0.1, -0.05) is 43.1 Å². The highest BCUT2D eigenvalue weighted by Crippen LogP contribution is 2.47. The van der Waals surface area contributed by atoms with Gasteiger partial charge >= 0.3 is 0 Å². The zero-order valence-corrected chi connectivity index (χ0v) is 20.7. The molecule has 0 radical (unpaired) electrons. The smallest absolute Gasteiger partial charge is 0.256 e. The van der Waals surface area contributed by atoms with Gasteiger partial charge in [0.15, 0.2) is 0 Å². The number of phenols is 1. The molecule has 2 aromatic rings. The van der Waals surface area contributed by atoms with Gasteiger partial charge in [-0.15, -0.1) is 11.3 Å². The third-order valence-corrected chi connectivity index (χ3v) is 8.89. The summed E-state index contributed by atoms with van der Waals surface area (Å²) in [6, 6.07) is 3.71. The highest BCUT2D eigenvalue weighted by atomic mass is 127. The topological polar surface area (TPSA) is 61.4 Å². The number of nitrogens with one attached hydrogen (secondary N) is 2. The first-order valence-corrected chi connectivity index (χ1v) is 12.3. The van der Waals surface area contributed by atoms with Crippen LogP contribution in [0, 0.1) is 14.9 Å². The lowest BCUT2D eigenvalue weighted by molar-refractivity contribution is 0.0934. The monoisotopic (exact) mass is 574 g/mol. The van der Waals surface area contributed by atoms with E-state index in [1.807, 2.05) is 12.1 Å². The number of rotatable bonds is 3. The second-order valence-electron chi connectivity index (χ2n) is 8.37. The Morgan fingerprint density at radius 3 is 2.82 bits per heavy atom. The van der Waals surface area contributed by atoms with Crippen LogP contribution in [0.5, 0.6) is 5.75 Å². The zero-order chi connectivity index (χ0) is 20.2. The number of halogens is 2. The van der Waals surface area contributed by atoms with E-state index in [2.05, 4.69) is 69.9 Å². The average molecular weight is 575 g/mol. The summed E-state index contributed by atoms with van der Waals surface area (Å²) < 4.78 is 1.63. The molecule has 0 fully saturated rings. The van der Waals surface area contributed by atoms with Gasteiger partial charge in [0.2, 0.25) is 0 Å². The molecular formula is C21H24BrIN2O2S. The average Bonchev–Trinajstić information content (AvgIpc) is 3.02. The van der Waals surface area contributed by atoms with Gasteiger partial charge in [0.25, 0.3) is 5.91 Å². The summed E-state index contributed by atoms with van der Waals surface area (Å²) in [6.45, 7) is 6.98. The Labute approximate surface area is 191 Å². The minimum atomic E-state index is -0.436. The van der Waals surface area contributed by atoms with E-state index in [9.17, 15) is 9.90 Å². The van der Waals surface area contributed by atoms with Crippen molar-refractivity contribution in [3.63, 3.8) is 0 Å². The highest BCUT2D eigenvalue weighted by molar-refractivity contribution is 14.1. The van der Waals surface area contributed by atoms with Gasteiger partial charge in [-0.2, -0.15) is 0 Å². The van der Waals surface area contributed by atoms with Gasteiger partial charge in [-0.05, 0) is 70.9 Å². The molecule has 1 aliphatic carbocycles. The molecule has 150 valence electrons. The summed E-state index contributed by atoms with van der Waals surface area (Å²) in [5.74, 6) is 0.814. The normalized spacial score (nSPS) is 21.5. The minimum Gasteiger partial charge on any atom is -0.506 e. The van der Waals surface area contributed by atoms with Crippen molar-refractivity contribution in [1.29, 1.82) is 0 Å². The van der Waals surface area contributed by atoms with Gasteiger partial charge in [0.05, 0.1) is 9.13 Å². The molecule has 3 N–H and O–H groups in total. The number of thiophene rings is 1. The van der Waals surface area contributed by atoms with Gasteiger partial charge in [0, 0.05) is 14.9 Å². The lowest BCUT2D eigenvalue weighted by Crippen LogP contribution is -2.38. The lowest BCUT2D eigenvalue weighted by atomic mass is 9.69. The summed E-state index contributed by atoms with van der Waals surface area (Å²) in [7, 11) is 0. The zero-order valence-electron chi connectivity index (χ0n) is 16.2. The SMILES string of the molecule is CCC(C)(C)[C@H]1CCc2c(sc3c2C(=O)N[C@@H](c2cc(Br)cc(I)c2O)N3)C1. The molecule has 1 aliphatic heterocycles. The van der Waals surface area contributed by atoms with E-state index in [0.29, 0.717) is 16.9 Å². The number of hydrogen-bond acceptors (Lipinski definition) is 4. The van der Waals surface area contributed by atoms with Crippen molar-refractivity contribution in [2.75, 3.05) is 5.32 Å². The summed E-state index contributed by atoms with van der Waals surface area (Å²) in [4.78, 5) is 14.3. The quantitative estimate of drug-likeness (QED) is 0.382. The molecule has 0 saturated carbocycles. The minimum absolute atomic E-state index is 0.0427. The van der Waals surface area contributed by atoms with Crippen molar-refractivity contribution in [1.82, 2.24) is 5.32 Å². The first kappa shape index (κ1) is 20.5. The Morgan fingerprint density at radius 2 is 2.11 bits per heavy atom. The van der Waals surface area contributed by atoms with Crippen molar-refractivity contribution in [3.8, 4) is 5.75 Å². The van der Waals surface area contributed by atoms with E-state index in [1.54, 1.807) is 11.3 Å². The molecule has 28 heavy (non-hydrogen) atoms. The first-order valence-electron chi connectivity index (χ1n) is 9.61. The Morgan fingerprint density at radius 1 is 1.36 bits per heavy atom. The van der Waals surface area contributed by atoms with Crippen molar-refractivity contribution < 1.29 is 9.90 Å². The van der Waals surface area contributed by atoms with Crippen molar-refractivity contribution >= 4 is 60.8 Å². The van der Waals surface area contributed by atoms with E-state index in [-0.39, 0.29) is 11.7 Å². The maximum atomic E-state index is 13.0. The van der Waals surface area contributed by atoms with Gasteiger partial charge in [-0.25, -0.2) is 0 Å². The number of carbonyl (C=O) groups is 1. The highest BCUT2D eigenvalue weighted by Gasteiger charge is 2.37. The Kier molecular flexibility index (Phi) is 5.46. The van der Waals surface area contributed by atoms with E-state index in [4.69, 9.17) is 0 Å². The number of amides is 1. The molecule has 2 heterocycles. The Balaban J connectivity index is 1.67. The van der Waals surface area contributed by atoms with E-state index < -0.39 is 6.17 Å². The summed E-state index contributed by atoms with van der Waals surface area (Å²) >= 11 is 7.30. The molecule has 4 nitrogen and oxygen atoms in total. The second kappa shape index (κ2) is 7.47. The summed E-state index contributed by atoms with van der Waals surface area (Å²) in [5, 5.41) is 18.0. The van der Waals surface area contributed by atoms with Crippen LogP contribution in [0.25, 0.3) is 0 Å². The van der Waals surface area contributed by atoms with Crippen LogP contribution in [0.4, 0.5) is 5.00 Å². The molecule has 0 bridgehead atoms. The lowest BCUT2D eigenvalue weighted by Gasteiger charge is -2.36. The number of fused-ring (bicyclic) bond motifs is 3. The predicted octanol–water partition coefficient (Wildman–Crippen LogP) is 6.22. The number of anilines is 1. The number of benzene rings is 1. The van der Waals surface area contributed by atoms with E-state index in [1.165, 1.54) is 16.9 Å². The van der Waals surface area contributed by atoms with Crippen LogP contribution in [0.2, 0.25) is 0 Å². The van der Waals surface area contributed by atoms with Crippen LogP contribution in [0.1, 0.15) is 66.1 Å². The standard InChI is InChI=1S/C21H24BrIN2O2S/c1-4-21(2,3)10-5-6-12-15(7-10)28-20-16(12)19(27)24-18(25-20)13-8-11(22)9-14(23)17(13)26/h8-10,18,25-26H,4-7H2,1-3H3,(H,24,27)/t10-,18+/m0/s1. The Bertz CT molecular complexity index is 956. The van der Waals surface area contributed by atoms with Gasteiger partial charge in [0.1, 0.15) is 16.9 Å². The molecular weight excluding hydrogens is 551 g/mol. The number of phenolic OH excluding ortho intramolecular Hbond substituents is 1. The Hall–Kier alpha value is -0.800. The van der Waals surface area contributed by atoms with Gasteiger partial charge in [-0.3, -0.25) is 4.79 Å². The number of hydrogen-bond donors (Lipinski definition) is 3. The van der Waals surface area contributed by atoms with Crippen LogP contribution < -0.4 is 10.6 Å². The molecule has 0 unspecified atom stereocenters. The molecule has 7 heteroatoms. The van der Waals surface area contributed by atoms with Crippen molar-refractivity contribution in [2.45, 2.75) is 52.6 Å². The fourth-order valence-electron chi connectivity index (χ4n) is 4.22. The molecule has 2 aliphatic rings. The van der Waals surface area contributed by atoms with E-state index in [0.717, 1.165) is 37.9 Å². The summed E-state index contributed by atoms with van der Waals surface area (Å²) in [5.41, 5.74) is 3.03. The second-order valence-corrected chi connectivity index (χ2v) is 11.5. The summed E-state index contributed by atoms with van der Waals surface area (Å²) in [6.07, 6.45) is 3.88. The van der Waals surface area contributed by atoms with Crippen LogP contribution in [0.15, 0.2) is 16.6 Å². The third kappa shape index (κ3) is 3.47. The first-order chi connectivity index (χ1) is 13.2. The fraction of sp³-hybridized carbons (Fsp3) is 0.476. The largest absolute Gasteiger partial charge is 0.506 e. The van der Waals surface area contributed by atoms with E-state index >= 15 is 0 Å². The molecule has 0 saturated heterocycles. The number of aromatic hydroxyl groups is 1. The molecule has 1 aromatic carbocycles. The third-order valence-electron chi connectivity index (χ3n) is 6.43. The van der Waals surface area contributed by atoms with Gasteiger partial charge < -0.3 is 15.7 Å². The molecule has 2 atom stereocenters. The maximum Gasteiger partial charge on any atom is 0.256 e. The predicted molar refractivity (Wildman–Crippen MR) is 126 cm³/mol. The molecule has 1 amide bonds. The van der Waals surface area contributed by atoms with Crippen LogP contribution in [0.3, 0.4) is 0 Å². The number of carbonyl (C=O) groups excluding carboxylic acids is 1.